The predicted octanol–water partition coefficient (Wildman–Crippen LogP) is 4.73. The molecule has 2 aliphatic rings. The Bertz CT molecular complexity index is 1190. The maximum absolute atomic E-state index is 13.5. The maximum atomic E-state index is 13.5. The van der Waals surface area contributed by atoms with Crippen molar-refractivity contribution >= 4 is 17.5 Å². The first-order chi connectivity index (χ1) is 16.5. The van der Waals surface area contributed by atoms with Crippen LogP contribution in [0.3, 0.4) is 0 Å². The van der Waals surface area contributed by atoms with Crippen LogP contribution in [0.15, 0.2) is 72.8 Å². The van der Waals surface area contributed by atoms with Crippen LogP contribution in [-0.4, -0.2) is 41.9 Å². The van der Waals surface area contributed by atoms with E-state index in [1.807, 2.05) is 73.3 Å². The average Bonchev–Trinajstić information content (AvgIpc) is 3.13. The normalized spacial score (nSPS) is 19.8. The van der Waals surface area contributed by atoms with Gasteiger partial charge in [0, 0.05) is 48.5 Å². The van der Waals surface area contributed by atoms with E-state index in [-0.39, 0.29) is 23.9 Å². The molecular weight excluding hydrogens is 422 g/mol. The Morgan fingerprint density at radius 2 is 1.59 bits per heavy atom. The average molecular weight is 454 g/mol. The number of anilines is 1. The van der Waals surface area contributed by atoms with Gasteiger partial charge in [-0.3, -0.25) is 14.5 Å². The molecule has 3 aromatic carbocycles. The van der Waals surface area contributed by atoms with E-state index < -0.39 is 0 Å². The van der Waals surface area contributed by atoms with Gasteiger partial charge in [-0.05, 0) is 62.6 Å². The first-order valence-electron chi connectivity index (χ1n) is 12.1. The second-order valence-electron chi connectivity index (χ2n) is 9.55. The number of aryl methyl sites for hydroxylation is 2. The van der Waals surface area contributed by atoms with Gasteiger partial charge in [-0.1, -0.05) is 53.6 Å². The fourth-order valence-corrected chi connectivity index (χ4v) is 5.45. The Morgan fingerprint density at radius 3 is 2.35 bits per heavy atom. The summed E-state index contributed by atoms with van der Waals surface area (Å²) in [6, 6.07) is 24.2. The molecule has 0 aliphatic carbocycles. The van der Waals surface area contributed by atoms with Gasteiger partial charge >= 0.3 is 0 Å². The summed E-state index contributed by atoms with van der Waals surface area (Å²) in [5.41, 5.74) is 5.76. The van der Waals surface area contributed by atoms with E-state index in [0.717, 1.165) is 41.8 Å². The molecule has 34 heavy (non-hydrogen) atoms. The van der Waals surface area contributed by atoms with Crippen molar-refractivity contribution in [2.24, 2.45) is 0 Å². The van der Waals surface area contributed by atoms with Crippen molar-refractivity contribution in [1.29, 1.82) is 0 Å². The van der Waals surface area contributed by atoms with E-state index in [1.54, 1.807) is 0 Å². The van der Waals surface area contributed by atoms with Crippen LogP contribution in [0.4, 0.5) is 5.69 Å². The minimum atomic E-state index is -0.0219. The monoisotopic (exact) mass is 453 g/mol. The van der Waals surface area contributed by atoms with Crippen molar-refractivity contribution in [1.82, 2.24) is 10.2 Å². The Labute approximate surface area is 201 Å². The first kappa shape index (κ1) is 22.4. The summed E-state index contributed by atoms with van der Waals surface area (Å²) in [6.45, 7) is 6.08. The fourth-order valence-electron chi connectivity index (χ4n) is 5.45. The quantitative estimate of drug-likeness (QED) is 0.622. The number of hydrogen-bond donors (Lipinski definition) is 1. The zero-order valence-electron chi connectivity index (χ0n) is 19.8. The number of benzene rings is 3. The number of para-hydroxylation sites is 1. The third-order valence-corrected chi connectivity index (χ3v) is 7.05. The molecule has 2 atom stereocenters. The molecule has 0 unspecified atom stereocenters. The zero-order chi connectivity index (χ0) is 23.7. The number of carbonyl (C=O) groups is 2. The van der Waals surface area contributed by atoms with Gasteiger partial charge in [0.1, 0.15) is 0 Å². The second-order valence-corrected chi connectivity index (χ2v) is 9.55. The van der Waals surface area contributed by atoms with Crippen LogP contribution in [0.25, 0.3) is 0 Å². The van der Waals surface area contributed by atoms with Crippen molar-refractivity contribution in [3.05, 3.63) is 101 Å². The van der Waals surface area contributed by atoms with E-state index in [2.05, 4.69) is 28.4 Å². The summed E-state index contributed by atoms with van der Waals surface area (Å²) >= 11 is 0. The van der Waals surface area contributed by atoms with Gasteiger partial charge in [0.05, 0.1) is 0 Å². The smallest absolute Gasteiger partial charge is 0.258 e. The molecular formula is C29H31N3O2. The lowest BCUT2D eigenvalue weighted by Gasteiger charge is -2.29. The van der Waals surface area contributed by atoms with Crippen LogP contribution in [0.2, 0.25) is 0 Å². The highest BCUT2D eigenvalue weighted by Crippen LogP contribution is 2.35. The summed E-state index contributed by atoms with van der Waals surface area (Å²) < 4.78 is 0. The molecule has 1 N–H and O–H groups in total. The molecule has 2 heterocycles. The number of nitrogens with zero attached hydrogens (tertiary/aromatic N) is 2. The van der Waals surface area contributed by atoms with Gasteiger partial charge in [0.25, 0.3) is 11.8 Å². The molecule has 2 aliphatic heterocycles. The lowest BCUT2D eigenvalue weighted by atomic mass is 10.1. The molecule has 5 rings (SSSR count). The molecule has 0 aromatic heterocycles. The van der Waals surface area contributed by atoms with Gasteiger partial charge in [-0.2, -0.15) is 0 Å². The molecule has 174 valence electrons. The van der Waals surface area contributed by atoms with Gasteiger partial charge in [-0.15, -0.1) is 0 Å². The zero-order valence-corrected chi connectivity index (χ0v) is 19.8. The number of fused-ring (bicyclic) bond motifs is 2. The van der Waals surface area contributed by atoms with Gasteiger partial charge in [-0.25, -0.2) is 0 Å². The van der Waals surface area contributed by atoms with E-state index in [0.29, 0.717) is 24.2 Å². The largest absolute Gasteiger partial charge is 0.350 e. The highest BCUT2D eigenvalue weighted by Gasteiger charge is 2.39. The molecule has 0 saturated carbocycles. The van der Waals surface area contributed by atoms with E-state index in [1.165, 1.54) is 0 Å². The molecule has 1 saturated heterocycles. The number of hydrogen-bond acceptors (Lipinski definition) is 3. The van der Waals surface area contributed by atoms with Gasteiger partial charge < -0.3 is 10.2 Å². The maximum Gasteiger partial charge on any atom is 0.258 e. The highest BCUT2D eigenvalue weighted by atomic mass is 16.2. The highest BCUT2D eigenvalue weighted by molar-refractivity contribution is 6.06. The predicted molar refractivity (Wildman–Crippen MR) is 135 cm³/mol. The van der Waals surface area contributed by atoms with E-state index >= 15 is 0 Å². The van der Waals surface area contributed by atoms with Crippen molar-refractivity contribution < 1.29 is 9.59 Å². The summed E-state index contributed by atoms with van der Waals surface area (Å²) in [5, 5.41) is 3.17. The van der Waals surface area contributed by atoms with Crippen LogP contribution >= 0.6 is 0 Å². The molecule has 2 amide bonds. The molecule has 1 fully saturated rings. The summed E-state index contributed by atoms with van der Waals surface area (Å²) in [5.74, 6) is 0.0211. The minimum absolute atomic E-state index is 0.0219. The summed E-state index contributed by atoms with van der Waals surface area (Å²) in [4.78, 5) is 30.7. The van der Waals surface area contributed by atoms with E-state index in [9.17, 15) is 9.59 Å². The fraction of sp³-hybridized carbons (Fsp3) is 0.310. The van der Waals surface area contributed by atoms with Crippen LogP contribution < -0.4 is 10.2 Å². The molecule has 0 spiro atoms. The standard InChI is InChI=1S/C29H31N3O2/c1-20-14-21(2)16-24(15-20)28(33)30-17-25-12-13-26-19-32(29(34)22-8-4-3-5-9-22)27-11-7-6-10-23(27)18-31(25)26/h3-11,14-16,25-26H,12-13,17-19H2,1-2H3,(H,30,33)/t25-,26+/m1/s1. The van der Waals surface area contributed by atoms with Crippen LogP contribution in [-0.2, 0) is 6.54 Å². The molecule has 3 aromatic rings. The first-order valence-corrected chi connectivity index (χ1v) is 12.1. The molecule has 0 radical (unpaired) electrons. The topological polar surface area (TPSA) is 52.7 Å². The number of amides is 2. The van der Waals surface area contributed by atoms with Crippen molar-refractivity contribution in [2.45, 2.75) is 45.3 Å². The molecule has 5 nitrogen and oxygen atoms in total. The number of nitrogens with one attached hydrogen (secondary N) is 1. The lowest BCUT2D eigenvalue weighted by Crippen LogP contribution is -2.45. The summed E-state index contributed by atoms with van der Waals surface area (Å²) in [6.07, 6.45) is 2.02. The SMILES string of the molecule is Cc1cc(C)cc(C(=O)NC[C@H]2CC[C@H]3CN(C(=O)c4ccccc4)c4ccccc4CN23)c1. The van der Waals surface area contributed by atoms with Crippen LogP contribution in [0.5, 0.6) is 0 Å². The third-order valence-electron chi connectivity index (χ3n) is 7.05. The lowest BCUT2D eigenvalue weighted by molar-refractivity contribution is 0.0933. The number of carbonyl (C=O) groups excluding carboxylic acids is 2. The Morgan fingerprint density at radius 1 is 0.882 bits per heavy atom. The number of rotatable bonds is 4. The molecule has 0 bridgehead atoms. The third kappa shape index (κ3) is 4.48. The summed E-state index contributed by atoms with van der Waals surface area (Å²) in [7, 11) is 0. The van der Waals surface area contributed by atoms with Crippen LogP contribution in [0, 0.1) is 13.8 Å². The van der Waals surface area contributed by atoms with E-state index in [4.69, 9.17) is 0 Å². The van der Waals surface area contributed by atoms with Crippen molar-refractivity contribution in [3.63, 3.8) is 0 Å². The van der Waals surface area contributed by atoms with Crippen molar-refractivity contribution in [3.8, 4) is 0 Å². The van der Waals surface area contributed by atoms with Crippen molar-refractivity contribution in [2.75, 3.05) is 18.0 Å². The Balaban J connectivity index is 1.34. The van der Waals surface area contributed by atoms with Gasteiger partial charge in [0.2, 0.25) is 0 Å². The second kappa shape index (κ2) is 9.43. The van der Waals surface area contributed by atoms with Crippen LogP contribution in [0.1, 0.15) is 50.2 Å². The Kier molecular flexibility index (Phi) is 6.20. The van der Waals surface area contributed by atoms with Gasteiger partial charge in [0.15, 0.2) is 0 Å². The minimum Gasteiger partial charge on any atom is -0.350 e. The molecule has 5 heteroatoms. The Hall–Kier alpha value is -3.44.